The number of hydrogen-bond acceptors (Lipinski definition) is 7. The van der Waals surface area contributed by atoms with Gasteiger partial charge in [0.15, 0.2) is 11.0 Å². The molecule has 0 bridgehead atoms. The molecule has 0 fully saturated rings. The fraction of sp³-hybridized carbons (Fsp3) is 0.185. The molecule has 184 valence electrons. The lowest BCUT2D eigenvalue weighted by Gasteiger charge is -2.08. The summed E-state index contributed by atoms with van der Waals surface area (Å²) < 4.78 is 13.0. The van der Waals surface area contributed by atoms with Crippen LogP contribution < -0.4 is 14.9 Å². The summed E-state index contributed by atoms with van der Waals surface area (Å²) in [5.74, 6) is 2.19. The Bertz CT molecular complexity index is 1310. The highest BCUT2D eigenvalue weighted by atomic mass is 32.2. The second-order valence-corrected chi connectivity index (χ2v) is 8.65. The van der Waals surface area contributed by atoms with E-state index in [0.717, 1.165) is 34.0 Å². The number of amides is 1. The second-order valence-electron chi connectivity index (χ2n) is 7.71. The second kappa shape index (κ2) is 12.6. The van der Waals surface area contributed by atoms with Crippen LogP contribution >= 0.6 is 11.8 Å². The van der Waals surface area contributed by atoms with Crippen LogP contribution in [0.5, 0.6) is 11.5 Å². The largest absolute Gasteiger partial charge is 0.497 e. The van der Waals surface area contributed by atoms with Crippen molar-refractivity contribution in [1.82, 2.24) is 20.2 Å². The summed E-state index contributed by atoms with van der Waals surface area (Å²) >= 11 is 1.31. The third-order valence-corrected chi connectivity index (χ3v) is 6.19. The van der Waals surface area contributed by atoms with Crippen molar-refractivity contribution < 1.29 is 14.3 Å². The van der Waals surface area contributed by atoms with Gasteiger partial charge in [-0.2, -0.15) is 5.10 Å². The van der Waals surface area contributed by atoms with Crippen molar-refractivity contribution in [3.63, 3.8) is 0 Å². The van der Waals surface area contributed by atoms with E-state index in [1.54, 1.807) is 13.3 Å². The molecule has 4 aromatic rings. The lowest BCUT2D eigenvalue weighted by molar-refractivity contribution is -0.118. The Labute approximate surface area is 214 Å². The molecular formula is C27H27N5O3S. The normalized spacial score (nSPS) is 10.9. The van der Waals surface area contributed by atoms with Gasteiger partial charge in [0.1, 0.15) is 18.1 Å². The van der Waals surface area contributed by atoms with Gasteiger partial charge in [-0.3, -0.25) is 4.79 Å². The smallest absolute Gasteiger partial charge is 0.250 e. The number of rotatable bonds is 11. The van der Waals surface area contributed by atoms with Crippen LogP contribution in [0.15, 0.2) is 89.1 Å². The van der Waals surface area contributed by atoms with Crippen LogP contribution in [0.4, 0.5) is 0 Å². The number of carbonyl (C=O) groups excluding carboxylic acids is 1. The molecule has 4 rings (SSSR count). The van der Waals surface area contributed by atoms with Gasteiger partial charge in [-0.05, 0) is 54.4 Å². The van der Waals surface area contributed by atoms with E-state index in [1.165, 1.54) is 11.8 Å². The van der Waals surface area contributed by atoms with Gasteiger partial charge in [0.05, 0.1) is 19.1 Å². The molecule has 0 aliphatic heterocycles. The first-order chi connectivity index (χ1) is 17.7. The zero-order chi connectivity index (χ0) is 25.2. The minimum atomic E-state index is -0.232. The average molecular weight is 502 g/mol. The predicted molar refractivity (Wildman–Crippen MR) is 141 cm³/mol. The molecule has 0 atom stereocenters. The Morgan fingerprint density at radius 3 is 2.58 bits per heavy atom. The number of hydrogen-bond donors (Lipinski definition) is 1. The molecule has 0 radical (unpaired) electrons. The molecule has 0 unspecified atom stereocenters. The lowest BCUT2D eigenvalue weighted by atomic mass is 10.2. The minimum absolute atomic E-state index is 0.165. The molecule has 0 aliphatic rings. The fourth-order valence-electron chi connectivity index (χ4n) is 3.40. The monoisotopic (exact) mass is 501 g/mol. The molecule has 36 heavy (non-hydrogen) atoms. The number of benzene rings is 3. The van der Waals surface area contributed by atoms with E-state index >= 15 is 0 Å². The zero-order valence-electron chi connectivity index (χ0n) is 20.1. The van der Waals surface area contributed by atoms with Gasteiger partial charge >= 0.3 is 0 Å². The molecule has 8 nitrogen and oxygen atoms in total. The summed E-state index contributed by atoms with van der Waals surface area (Å²) in [6.45, 7) is 3.18. The molecule has 0 aliphatic carbocycles. The van der Waals surface area contributed by atoms with Crippen molar-refractivity contribution in [2.45, 2.75) is 25.2 Å². The average Bonchev–Trinajstić information content (AvgIpc) is 3.34. The third kappa shape index (κ3) is 6.73. The van der Waals surface area contributed by atoms with Gasteiger partial charge < -0.3 is 14.0 Å². The van der Waals surface area contributed by atoms with Crippen molar-refractivity contribution in [2.24, 2.45) is 5.10 Å². The van der Waals surface area contributed by atoms with E-state index < -0.39 is 0 Å². The first kappa shape index (κ1) is 25.0. The van der Waals surface area contributed by atoms with Crippen LogP contribution in [0.25, 0.3) is 11.4 Å². The lowest BCUT2D eigenvalue weighted by Crippen LogP contribution is -2.20. The van der Waals surface area contributed by atoms with E-state index in [2.05, 4.69) is 20.7 Å². The molecule has 1 N–H and O–H groups in total. The van der Waals surface area contributed by atoms with Crippen LogP contribution in [-0.4, -0.2) is 39.7 Å². The number of nitrogens with one attached hydrogen (secondary N) is 1. The van der Waals surface area contributed by atoms with Gasteiger partial charge in [-0.15, -0.1) is 10.2 Å². The van der Waals surface area contributed by atoms with E-state index in [1.807, 2.05) is 90.4 Å². The molecule has 0 spiro atoms. The number of thioether (sulfide) groups is 1. The minimum Gasteiger partial charge on any atom is -0.497 e. The Hall–Kier alpha value is -4.11. The summed E-state index contributed by atoms with van der Waals surface area (Å²) in [6.07, 6.45) is 1.59. The Morgan fingerprint density at radius 2 is 1.83 bits per heavy atom. The molecule has 0 saturated heterocycles. The van der Waals surface area contributed by atoms with E-state index in [9.17, 15) is 4.79 Å². The standard InChI is InChI=1S/C27H27N5O3S/c1-3-32-26(22-12-14-23(34-2)15-13-22)30-31-27(32)36-19-25(33)29-28-17-21-10-7-11-24(16-21)35-18-20-8-5-4-6-9-20/h4-17H,3,18-19H2,1-2H3,(H,29,33)/b28-17+. The van der Waals surface area contributed by atoms with Crippen LogP contribution in [0.1, 0.15) is 18.1 Å². The number of ether oxygens (including phenoxy) is 2. The zero-order valence-corrected chi connectivity index (χ0v) is 20.9. The highest BCUT2D eigenvalue weighted by molar-refractivity contribution is 7.99. The third-order valence-electron chi connectivity index (χ3n) is 5.22. The van der Waals surface area contributed by atoms with Crippen molar-refractivity contribution in [3.8, 4) is 22.9 Å². The van der Waals surface area contributed by atoms with Gasteiger partial charge in [0.2, 0.25) is 0 Å². The van der Waals surface area contributed by atoms with Crippen LogP contribution in [0.2, 0.25) is 0 Å². The van der Waals surface area contributed by atoms with Gasteiger partial charge in [0.25, 0.3) is 5.91 Å². The Morgan fingerprint density at radius 1 is 1.03 bits per heavy atom. The summed E-state index contributed by atoms with van der Waals surface area (Å²) in [7, 11) is 1.63. The number of carbonyl (C=O) groups is 1. The number of aromatic nitrogens is 3. The summed E-state index contributed by atoms with van der Waals surface area (Å²) in [5.41, 5.74) is 5.41. The first-order valence-electron chi connectivity index (χ1n) is 11.5. The summed E-state index contributed by atoms with van der Waals surface area (Å²) in [5, 5.41) is 13.3. The summed E-state index contributed by atoms with van der Waals surface area (Å²) in [6, 6.07) is 25.1. The molecule has 1 aromatic heterocycles. The maximum absolute atomic E-state index is 12.3. The maximum atomic E-state index is 12.3. The molecular weight excluding hydrogens is 474 g/mol. The fourth-order valence-corrected chi connectivity index (χ4v) is 4.20. The van der Waals surface area contributed by atoms with Crippen molar-refractivity contribution in [3.05, 3.63) is 90.0 Å². The van der Waals surface area contributed by atoms with Crippen LogP contribution in [0.3, 0.4) is 0 Å². The van der Waals surface area contributed by atoms with Crippen LogP contribution in [-0.2, 0) is 17.9 Å². The topological polar surface area (TPSA) is 90.6 Å². The number of hydrazone groups is 1. The molecule has 0 saturated carbocycles. The molecule has 1 amide bonds. The highest BCUT2D eigenvalue weighted by Crippen LogP contribution is 2.25. The number of nitrogens with zero attached hydrogens (tertiary/aromatic N) is 4. The molecule has 1 heterocycles. The van der Waals surface area contributed by atoms with Gasteiger partial charge in [-0.1, -0.05) is 54.2 Å². The molecule has 9 heteroatoms. The van der Waals surface area contributed by atoms with Gasteiger partial charge in [0, 0.05) is 12.1 Å². The quantitative estimate of drug-likeness (QED) is 0.180. The van der Waals surface area contributed by atoms with Crippen molar-refractivity contribution in [2.75, 3.05) is 12.9 Å². The summed E-state index contributed by atoms with van der Waals surface area (Å²) in [4.78, 5) is 12.3. The van der Waals surface area contributed by atoms with Crippen molar-refractivity contribution >= 4 is 23.9 Å². The number of methoxy groups -OCH3 is 1. The maximum Gasteiger partial charge on any atom is 0.250 e. The van der Waals surface area contributed by atoms with Crippen LogP contribution in [0, 0.1) is 0 Å². The highest BCUT2D eigenvalue weighted by Gasteiger charge is 2.14. The van der Waals surface area contributed by atoms with Gasteiger partial charge in [-0.25, -0.2) is 5.43 Å². The SMILES string of the molecule is CCn1c(SCC(=O)N/N=C/c2cccc(OCc3ccccc3)c2)nnc1-c1ccc(OC)cc1. The first-order valence-corrected chi connectivity index (χ1v) is 12.4. The van der Waals surface area contributed by atoms with E-state index in [-0.39, 0.29) is 11.7 Å². The Kier molecular flexibility index (Phi) is 8.72. The van der Waals surface area contributed by atoms with E-state index in [0.29, 0.717) is 18.3 Å². The Balaban J connectivity index is 1.29. The van der Waals surface area contributed by atoms with E-state index in [4.69, 9.17) is 9.47 Å². The molecule has 3 aromatic carbocycles. The predicted octanol–water partition coefficient (Wildman–Crippen LogP) is 4.80. The van der Waals surface area contributed by atoms with Crippen molar-refractivity contribution in [1.29, 1.82) is 0 Å².